The Morgan fingerprint density at radius 3 is 2.50 bits per heavy atom. The summed E-state index contributed by atoms with van der Waals surface area (Å²) >= 11 is 0. The number of carbonyl (C=O) groups is 2. The fourth-order valence-corrected chi connectivity index (χ4v) is 3.23. The highest BCUT2D eigenvalue weighted by Crippen LogP contribution is 2.39. The highest BCUT2D eigenvalue weighted by atomic mass is 19.4. The lowest BCUT2D eigenvalue weighted by atomic mass is 9.95. The van der Waals surface area contributed by atoms with E-state index in [-0.39, 0.29) is 24.1 Å². The number of hydrogen-bond donors (Lipinski definition) is 1. The molecule has 0 aliphatic carbocycles. The summed E-state index contributed by atoms with van der Waals surface area (Å²) in [4.78, 5) is 30.1. The van der Waals surface area contributed by atoms with Crippen LogP contribution in [-0.4, -0.2) is 26.7 Å². The lowest BCUT2D eigenvalue weighted by Crippen LogP contribution is -2.30. The molecule has 28 heavy (non-hydrogen) atoms. The van der Waals surface area contributed by atoms with Crippen molar-refractivity contribution in [2.45, 2.75) is 32.1 Å². The second-order valence-corrected chi connectivity index (χ2v) is 6.35. The molecule has 0 spiro atoms. The molecule has 1 aromatic heterocycles. The molecule has 0 saturated heterocycles. The van der Waals surface area contributed by atoms with Crippen molar-refractivity contribution in [2.24, 2.45) is 0 Å². The molecular formula is C20H17F3N2O3. The summed E-state index contributed by atoms with van der Waals surface area (Å²) in [6, 6.07) is 6.91. The number of amides is 1. The van der Waals surface area contributed by atoms with E-state index < -0.39 is 35.2 Å². The number of nitrogens with zero attached hydrogens (tertiary/aromatic N) is 2. The van der Waals surface area contributed by atoms with Gasteiger partial charge >= 0.3 is 6.18 Å². The maximum atomic E-state index is 13.0. The maximum Gasteiger partial charge on any atom is 0.416 e. The van der Waals surface area contributed by atoms with Crippen molar-refractivity contribution in [2.75, 3.05) is 0 Å². The largest absolute Gasteiger partial charge is 0.503 e. The van der Waals surface area contributed by atoms with Crippen molar-refractivity contribution in [1.82, 2.24) is 9.88 Å². The molecule has 1 unspecified atom stereocenters. The molecule has 1 N–H and O–H groups in total. The molecule has 2 aromatic rings. The van der Waals surface area contributed by atoms with Crippen molar-refractivity contribution in [1.29, 1.82) is 0 Å². The monoisotopic (exact) mass is 390 g/mol. The number of halogens is 3. The van der Waals surface area contributed by atoms with E-state index in [4.69, 9.17) is 0 Å². The summed E-state index contributed by atoms with van der Waals surface area (Å²) in [7, 11) is 0. The van der Waals surface area contributed by atoms with Gasteiger partial charge in [0, 0.05) is 25.4 Å². The molecule has 0 bridgehead atoms. The summed E-state index contributed by atoms with van der Waals surface area (Å²) in [5, 5.41) is 10.3. The van der Waals surface area contributed by atoms with Crippen LogP contribution in [0.1, 0.15) is 36.1 Å². The molecule has 146 valence electrons. The van der Waals surface area contributed by atoms with Crippen LogP contribution in [0.4, 0.5) is 13.2 Å². The molecule has 5 nitrogen and oxygen atoms in total. The lowest BCUT2D eigenvalue weighted by molar-refractivity contribution is -0.137. The van der Waals surface area contributed by atoms with Gasteiger partial charge in [0.1, 0.15) is 0 Å². The molecule has 1 aliphatic rings. The maximum absolute atomic E-state index is 13.0. The number of rotatable bonds is 5. The van der Waals surface area contributed by atoms with Crippen molar-refractivity contribution in [3.8, 4) is 0 Å². The Labute approximate surface area is 159 Å². The molecule has 1 aromatic carbocycles. The Balaban J connectivity index is 2.02. The molecule has 1 aliphatic heterocycles. The second-order valence-electron chi connectivity index (χ2n) is 6.35. The number of pyridine rings is 1. The van der Waals surface area contributed by atoms with E-state index in [1.807, 2.05) is 0 Å². The van der Waals surface area contributed by atoms with Gasteiger partial charge in [0.05, 0.1) is 17.2 Å². The van der Waals surface area contributed by atoms with Gasteiger partial charge < -0.3 is 10.0 Å². The first-order chi connectivity index (χ1) is 13.2. The smallest absolute Gasteiger partial charge is 0.416 e. The lowest BCUT2D eigenvalue weighted by Gasteiger charge is -2.27. The van der Waals surface area contributed by atoms with Gasteiger partial charge in [-0.25, -0.2) is 0 Å². The molecule has 3 rings (SSSR count). The van der Waals surface area contributed by atoms with Crippen LogP contribution in [-0.2, 0) is 22.3 Å². The third-order valence-electron chi connectivity index (χ3n) is 4.55. The molecular weight excluding hydrogens is 373 g/mol. The molecule has 1 amide bonds. The zero-order chi connectivity index (χ0) is 20.5. The number of Topliss-reactive ketones (excluding diaryl/α,β-unsaturated/α-hetero) is 1. The minimum absolute atomic E-state index is 0.0503. The number of aromatic nitrogens is 1. The van der Waals surface area contributed by atoms with Gasteiger partial charge in [0.15, 0.2) is 11.5 Å². The Bertz CT molecular complexity index is 939. The summed E-state index contributed by atoms with van der Waals surface area (Å²) in [6.45, 7) is 1.41. The van der Waals surface area contributed by atoms with E-state index in [9.17, 15) is 27.9 Å². The van der Waals surface area contributed by atoms with Gasteiger partial charge in [-0.15, -0.1) is 0 Å². The van der Waals surface area contributed by atoms with Gasteiger partial charge in [-0.1, -0.05) is 19.1 Å². The standard InChI is InChI=1S/C20H17F3N2O3/c1-2-15(26)16-17(13-6-8-24-9-7-13)25(19(28)18(16)27)11-12-4-3-5-14(10-12)20(21,22)23/h3-10,17,27H,2,11H2,1H3. The average Bonchev–Trinajstić information content (AvgIpc) is 2.92. The third kappa shape index (κ3) is 3.62. The van der Waals surface area contributed by atoms with Crippen LogP contribution < -0.4 is 0 Å². The van der Waals surface area contributed by atoms with Crippen LogP contribution in [0.25, 0.3) is 0 Å². The summed E-state index contributed by atoms with van der Waals surface area (Å²) < 4.78 is 39.0. The van der Waals surface area contributed by atoms with Crippen LogP contribution in [0.5, 0.6) is 0 Å². The fourth-order valence-electron chi connectivity index (χ4n) is 3.23. The van der Waals surface area contributed by atoms with E-state index in [1.165, 1.54) is 29.4 Å². The van der Waals surface area contributed by atoms with Crippen LogP contribution in [0.2, 0.25) is 0 Å². The molecule has 2 heterocycles. The number of aliphatic hydroxyl groups is 1. The van der Waals surface area contributed by atoms with Gasteiger partial charge in [0.2, 0.25) is 0 Å². The zero-order valence-corrected chi connectivity index (χ0v) is 14.9. The highest BCUT2D eigenvalue weighted by molar-refractivity contribution is 6.08. The molecule has 1 atom stereocenters. The third-order valence-corrected chi connectivity index (χ3v) is 4.55. The Morgan fingerprint density at radius 1 is 1.21 bits per heavy atom. The first kappa shape index (κ1) is 19.6. The number of alkyl halides is 3. The number of benzene rings is 1. The normalized spacial score (nSPS) is 17.4. The Hall–Kier alpha value is -3.16. The van der Waals surface area contributed by atoms with Gasteiger partial charge in [-0.05, 0) is 35.4 Å². The van der Waals surface area contributed by atoms with E-state index in [0.717, 1.165) is 12.1 Å². The van der Waals surface area contributed by atoms with E-state index in [0.29, 0.717) is 5.56 Å². The van der Waals surface area contributed by atoms with E-state index in [2.05, 4.69) is 4.98 Å². The van der Waals surface area contributed by atoms with Gasteiger partial charge in [0.25, 0.3) is 5.91 Å². The van der Waals surface area contributed by atoms with Crippen molar-refractivity contribution < 1.29 is 27.9 Å². The first-order valence-corrected chi connectivity index (χ1v) is 8.57. The summed E-state index contributed by atoms with van der Waals surface area (Å²) in [5.74, 6) is -1.86. The molecule has 0 fully saturated rings. The topological polar surface area (TPSA) is 70.5 Å². The molecule has 8 heteroatoms. The van der Waals surface area contributed by atoms with Crippen LogP contribution >= 0.6 is 0 Å². The minimum atomic E-state index is -4.51. The summed E-state index contributed by atoms with van der Waals surface area (Å²) in [6.07, 6.45) is -1.48. The first-order valence-electron chi connectivity index (χ1n) is 8.57. The van der Waals surface area contributed by atoms with Crippen molar-refractivity contribution in [3.05, 3.63) is 76.8 Å². The van der Waals surface area contributed by atoms with Crippen LogP contribution in [0.3, 0.4) is 0 Å². The minimum Gasteiger partial charge on any atom is -0.503 e. The number of hydrogen-bond acceptors (Lipinski definition) is 4. The van der Waals surface area contributed by atoms with Crippen molar-refractivity contribution >= 4 is 11.7 Å². The summed E-state index contributed by atoms with van der Waals surface area (Å²) in [5.41, 5.74) is -0.110. The number of carbonyl (C=O) groups excluding carboxylic acids is 2. The predicted molar refractivity (Wildman–Crippen MR) is 93.9 cm³/mol. The molecule has 0 saturated carbocycles. The quantitative estimate of drug-likeness (QED) is 0.839. The SMILES string of the molecule is CCC(=O)C1=C(O)C(=O)N(Cc2cccc(C(F)(F)F)c2)C1c1ccncc1. The Kier molecular flexibility index (Phi) is 5.22. The van der Waals surface area contributed by atoms with Crippen LogP contribution in [0.15, 0.2) is 60.1 Å². The number of ketones is 1. The van der Waals surface area contributed by atoms with Gasteiger partial charge in [-0.2, -0.15) is 13.2 Å². The van der Waals surface area contributed by atoms with E-state index >= 15 is 0 Å². The fraction of sp³-hybridized carbons (Fsp3) is 0.250. The van der Waals surface area contributed by atoms with Crippen molar-refractivity contribution in [3.63, 3.8) is 0 Å². The van der Waals surface area contributed by atoms with E-state index in [1.54, 1.807) is 19.1 Å². The zero-order valence-electron chi connectivity index (χ0n) is 14.9. The average molecular weight is 390 g/mol. The number of aliphatic hydroxyl groups excluding tert-OH is 1. The van der Waals surface area contributed by atoms with Crippen LogP contribution in [0, 0.1) is 0 Å². The highest BCUT2D eigenvalue weighted by Gasteiger charge is 2.43. The van der Waals surface area contributed by atoms with Gasteiger partial charge in [-0.3, -0.25) is 14.6 Å². The predicted octanol–water partition coefficient (Wildman–Crippen LogP) is 3.98. The Morgan fingerprint density at radius 2 is 1.89 bits per heavy atom. The second kappa shape index (κ2) is 7.46. The molecule has 0 radical (unpaired) electrons.